The van der Waals surface area contributed by atoms with Gasteiger partial charge in [-0.2, -0.15) is 9.97 Å². The highest BCUT2D eigenvalue weighted by Crippen LogP contribution is 2.29. The fraction of sp³-hybridized carbons (Fsp3) is 0.263. The Morgan fingerprint density at radius 1 is 1.30 bits per heavy atom. The van der Waals surface area contributed by atoms with Crippen molar-refractivity contribution in [1.29, 1.82) is 0 Å². The number of aromatic nitrogens is 5. The summed E-state index contributed by atoms with van der Waals surface area (Å²) >= 11 is 0. The molecule has 0 radical (unpaired) electrons. The molecule has 0 amide bonds. The summed E-state index contributed by atoms with van der Waals surface area (Å²) < 4.78 is 20.8. The van der Waals surface area contributed by atoms with E-state index in [-0.39, 0.29) is 11.8 Å². The van der Waals surface area contributed by atoms with Gasteiger partial charge in [0.1, 0.15) is 11.6 Å². The summed E-state index contributed by atoms with van der Waals surface area (Å²) in [7, 11) is 1.48. The molecule has 3 heterocycles. The molecule has 0 saturated carbocycles. The molecule has 0 bridgehead atoms. The number of allylic oxidation sites excluding steroid dienone is 4. The third-order valence-electron chi connectivity index (χ3n) is 4.48. The van der Waals surface area contributed by atoms with Gasteiger partial charge in [-0.1, -0.05) is 25.2 Å². The maximum absolute atomic E-state index is 13.7. The maximum atomic E-state index is 13.7. The normalized spacial score (nSPS) is 16.6. The van der Waals surface area contributed by atoms with E-state index in [1.807, 2.05) is 4.57 Å². The molecule has 0 aromatic carbocycles. The molecule has 3 aromatic heterocycles. The molecule has 138 valence electrons. The Kier molecular flexibility index (Phi) is 4.31. The number of nitrogen functional groups attached to an aromatic ring is 1. The van der Waals surface area contributed by atoms with Gasteiger partial charge in [0.15, 0.2) is 17.0 Å². The summed E-state index contributed by atoms with van der Waals surface area (Å²) in [6.07, 6.45) is 10.1. The molecule has 3 aromatic rings. The van der Waals surface area contributed by atoms with Crippen LogP contribution in [0.2, 0.25) is 0 Å². The van der Waals surface area contributed by atoms with Crippen LogP contribution in [0.3, 0.4) is 0 Å². The van der Waals surface area contributed by atoms with Crippen LogP contribution in [0, 0.1) is 11.7 Å². The average Bonchev–Trinajstić information content (AvgIpc) is 3.02. The molecule has 0 saturated heterocycles. The summed E-state index contributed by atoms with van der Waals surface area (Å²) in [6.45, 7) is 2.68. The van der Waals surface area contributed by atoms with Gasteiger partial charge in [-0.05, 0) is 24.0 Å². The van der Waals surface area contributed by atoms with Crippen LogP contribution in [-0.4, -0.2) is 31.6 Å². The number of hydrogen-bond acceptors (Lipinski definition) is 6. The molecule has 27 heavy (non-hydrogen) atoms. The molecule has 1 unspecified atom stereocenters. The van der Waals surface area contributed by atoms with Gasteiger partial charge in [-0.3, -0.25) is 4.98 Å². The maximum Gasteiger partial charge on any atom is 0.320 e. The molecule has 8 heteroatoms. The summed E-state index contributed by atoms with van der Waals surface area (Å²) in [6, 6.07) is 1.55. The molecule has 0 aliphatic heterocycles. The predicted molar refractivity (Wildman–Crippen MR) is 100 cm³/mol. The van der Waals surface area contributed by atoms with Crippen molar-refractivity contribution in [3.05, 3.63) is 48.1 Å². The number of ether oxygens (including phenoxy) is 1. The fourth-order valence-corrected chi connectivity index (χ4v) is 3.07. The molecule has 1 atom stereocenters. The highest BCUT2D eigenvalue weighted by atomic mass is 19.1. The lowest BCUT2D eigenvalue weighted by Gasteiger charge is -2.14. The third kappa shape index (κ3) is 3.25. The Bertz CT molecular complexity index is 1070. The lowest BCUT2D eigenvalue weighted by Crippen LogP contribution is -2.07. The number of anilines is 1. The van der Waals surface area contributed by atoms with Crippen molar-refractivity contribution in [1.82, 2.24) is 24.5 Å². The number of imidazole rings is 1. The number of nitrogens with two attached hydrogens (primary N) is 1. The summed E-state index contributed by atoms with van der Waals surface area (Å²) in [5.74, 6) is 0.814. The highest BCUT2D eigenvalue weighted by molar-refractivity contribution is 5.85. The van der Waals surface area contributed by atoms with Crippen molar-refractivity contribution < 1.29 is 9.13 Å². The first-order chi connectivity index (χ1) is 13.0. The zero-order valence-corrected chi connectivity index (χ0v) is 15.1. The van der Waals surface area contributed by atoms with Crippen LogP contribution >= 0.6 is 0 Å². The molecule has 2 N–H and O–H groups in total. The Hall–Kier alpha value is -3.29. The van der Waals surface area contributed by atoms with Crippen LogP contribution in [0.4, 0.5) is 10.2 Å². The average molecular weight is 366 g/mol. The summed E-state index contributed by atoms with van der Waals surface area (Å²) in [4.78, 5) is 17.0. The molecule has 0 spiro atoms. The topological polar surface area (TPSA) is 91.7 Å². The zero-order valence-electron chi connectivity index (χ0n) is 15.1. The standard InChI is InChI=1S/C19H19FN6O/c1-11-3-5-12(6-4-11)10-26-17(13-7-14(20)9-22-8-13)23-15-16(21)24-19(27-2)25-18(15)26/h3,5-9,11H,4,10H2,1-2H3,(H2,21,24,25). The van der Waals surface area contributed by atoms with Gasteiger partial charge in [-0.15, -0.1) is 0 Å². The second-order valence-corrected chi connectivity index (χ2v) is 6.53. The first-order valence-corrected chi connectivity index (χ1v) is 8.61. The Morgan fingerprint density at radius 2 is 2.15 bits per heavy atom. The molecular formula is C19H19FN6O. The highest BCUT2D eigenvalue weighted by Gasteiger charge is 2.20. The first kappa shape index (κ1) is 17.1. The number of nitrogens with zero attached hydrogens (tertiary/aromatic N) is 5. The summed E-state index contributed by atoms with van der Waals surface area (Å²) in [5.41, 5.74) is 8.69. The van der Waals surface area contributed by atoms with Crippen LogP contribution in [0.5, 0.6) is 6.01 Å². The van der Waals surface area contributed by atoms with Crippen LogP contribution in [0.15, 0.2) is 42.3 Å². The van der Waals surface area contributed by atoms with E-state index in [0.29, 0.717) is 35.0 Å². The molecule has 1 aliphatic carbocycles. The number of pyridine rings is 1. The van der Waals surface area contributed by atoms with E-state index in [1.54, 1.807) is 6.20 Å². The third-order valence-corrected chi connectivity index (χ3v) is 4.48. The van der Waals surface area contributed by atoms with E-state index in [4.69, 9.17) is 10.5 Å². The minimum atomic E-state index is -0.437. The minimum Gasteiger partial charge on any atom is -0.467 e. The van der Waals surface area contributed by atoms with Crippen molar-refractivity contribution in [2.75, 3.05) is 12.8 Å². The summed E-state index contributed by atoms with van der Waals surface area (Å²) in [5, 5.41) is 0. The van der Waals surface area contributed by atoms with Crippen molar-refractivity contribution in [2.24, 2.45) is 5.92 Å². The van der Waals surface area contributed by atoms with Crippen molar-refractivity contribution >= 4 is 17.0 Å². The van der Waals surface area contributed by atoms with E-state index in [9.17, 15) is 4.39 Å². The van der Waals surface area contributed by atoms with Crippen LogP contribution in [0.1, 0.15) is 13.3 Å². The van der Waals surface area contributed by atoms with Gasteiger partial charge >= 0.3 is 6.01 Å². The van der Waals surface area contributed by atoms with Crippen LogP contribution < -0.4 is 10.5 Å². The first-order valence-electron chi connectivity index (χ1n) is 8.61. The number of fused-ring (bicyclic) bond motifs is 1. The fourth-order valence-electron chi connectivity index (χ4n) is 3.07. The van der Waals surface area contributed by atoms with Gasteiger partial charge < -0.3 is 15.0 Å². The molecule has 0 fully saturated rings. The molecule has 4 rings (SSSR count). The van der Waals surface area contributed by atoms with E-state index < -0.39 is 5.82 Å². The van der Waals surface area contributed by atoms with Crippen molar-refractivity contribution in [3.63, 3.8) is 0 Å². The minimum absolute atomic E-state index is 0.159. The second kappa shape index (κ2) is 6.79. The van der Waals surface area contributed by atoms with Crippen LogP contribution in [-0.2, 0) is 6.54 Å². The number of rotatable bonds is 4. The lowest BCUT2D eigenvalue weighted by atomic mass is 9.98. The quantitative estimate of drug-likeness (QED) is 0.763. The predicted octanol–water partition coefficient (Wildman–Crippen LogP) is 3.14. The van der Waals surface area contributed by atoms with Gasteiger partial charge in [0.05, 0.1) is 19.9 Å². The van der Waals surface area contributed by atoms with Crippen LogP contribution in [0.25, 0.3) is 22.6 Å². The van der Waals surface area contributed by atoms with Gasteiger partial charge in [-0.25, -0.2) is 9.37 Å². The molecule has 7 nitrogen and oxygen atoms in total. The Morgan fingerprint density at radius 3 is 2.85 bits per heavy atom. The number of methoxy groups -OCH3 is 1. The SMILES string of the molecule is COc1nc(N)c2nc(-c3cncc(F)c3)n(CC3=CCC(C)C=C3)c2n1. The largest absolute Gasteiger partial charge is 0.467 e. The molecule has 1 aliphatic rings. The van der Waals surface area contributed by atoms with Crippen molar-refractivity contribution in [3.8, 4) is 17.4 Å². The van der Waals surface area contributed by atoms with Gasteiger partial charge in [0.2, 0.25) is 0 Å². The smallest absolute Gasteiger partial charge is 0.320 e. The van der Waals surface area contributed by atoms with Gasteiger partial charge in [0.25, 0.3) is 0 Å². The zero-order chi connectivity index (χ0) is 19.0. The van der Waals surface area contributed by atoms with Gasteiger partial charge in [0, 0.05) is 11.8 Å². The Labute approximate surface area is 155 Å². The van der Waals surface area contributed by atoms with Crippen molar-refractivity contribution in [2.45, 2.75) is 19.9 Å². The van der Waals surface area contributed by atoms with E-state index >= 15 is 0 Å². The molecular weight excluding hydrogens is 347 g/mol. The second-order valence-electron chi connectivity index (χ2n) is 6.53. The Balaban J connectivity index is 1.91. The lowest BCUT2D eigenvalue weighted by molar-refractivity contribution is 0.382. The van der Waals surface area contributed by atoms with E-state index in [1.165, 1.54) is 13.2 Å². The number of hydrogen-bond donors (Lipinski definition) is 1. The number of halogens is 1. The monoisotopic (exact) mass is 366 g/mol. The van der Waals surface area contributed by atoms with E-state index in [2.05, 4.69) is 45.1 Å². The van der Waals surface area contributed by atoms with E-state index in [0.717, 1.165) is 18.2 Å².